The van der Waals surface area contributed by atoms with Gasteiger partial charge in [-0.1, -0.05) is 26.0 Å². The van der Waals surface area contributed by atoms with Crippen molar-refractivity contribution in [3.63, 3.8) is 0 Å². The van der Waals surface area contributed by atoms with Crippen molar-refractivity contribution in [1.82, 2.24) is 5.32 Å². The van der Waals surface area contributed by atoms with Crippen molar-refractivity contribution < 1.29 is 9.59 Å². The van der Waals surface area contributed by atoms with Gasteiger partial charge in [0.2, 0.25) is 5.91 Å². The van der Waals surface area contributed by atoms with E-state index >= 15 is 0 Å². The number of thiophene rings is 1. The van der Waals surface area contributed by atoms with Crippen molar-refractivity contribution in [2.45, 2.75) is 33.7 Å². The molecule has 0 aliphatic rings. The summed E-state index contributed by atoms with van der Waals surface area (Å²) in [5, 5.41) is 7.58. The molecule has 0 saturated carbocycles. The summed E-state index contributed by atoms with van der Waals surface area (Å²) in [5.41, 5.74) is 2.93. The topological polar surface area (TPSA) is 58.2 Å². The Balaban J connectivity index is 2.10. The zero-order valence-electron chi connectivity index (χ0n) is 13.8. The maximum Gasteiger partial charge on any atom is 0.262 e. The van der Waals surface area contributed by atoms with Crippen LogP contribution in [0.2, 0.25) is 0 Å². The summed E-state index contributed by atoms with van der Waals surface area (Å²) < 4.78 is 0. The highest BCUT2D eigenvalue weighted by Gasteiger charge is 2.25. The quantitative estimate of drug-likeness (QED) is 0.877. The lowest BCUT2D eigenvalue weighted by Crippen LogP contribution is -2.46. The van der Waals surface area contributed by atoms with Crippen LogP contribution in [0.1, 0.15) is 34.6 Å². The van der Waals surface area contributed by atoms with Gasteiger partial charge in [-0.05, 0) is 54.5 Å². The Morgan fingerprint density at radius 3 is 2.26 bits per heavy atom. The predicted molar refractivity (Wildman–Crippen MR) is 95.0 cm³/mol. The SMILES string of the molecule is Cc1cc(C)cc(NC(=O)C(NC(=O)c2cccs2)C(C)C)c1. The first-order chi connectivity index (χ1) is 10.9. The van der Waals surface area contributed by atoms with Gasteiger partial charge >= 0.3 is 0 Å². The average molecular weight is 330 g/mol. The molecule has 1 atom stereocenters. The van der Waals surface area contributed by atoms with Crippen molar-refractivity contribution in [3.8, 4) is 0 Å². The lowest BCUT2D eigenvalue weighted by Gasteiger charge is -2.21. The van der Waals surface area contributed by atoms with Crippen molar-refractivity contribution in [1.29, 1.82) is 0 Å². The van der Waals surface area contributed by atoms with Gasteiger partial charge in [0, 0.05) is 5.69 Å². The maximum atomic E-state index is 12.6. The third kappa shape index (κ3) is 4.66. The van der Waals surface area contributed by atoms with Crippen LogP contribution in [-0.4, -0.2) is 17.9 Å². The molecule has 2 amide bonds. The molecule has 0 saturated heterocycles. The number of carbonyl (C=O) groups is 2. The van der Waals surface area contributed by atoms with E-state index in [4.69, 9.17) is 0 Å². The molecule has 0 aliphatic carbocycles. The first-order valence-corrected chi connectivity index (χ1v) is 8.48. The highest BCUT2D eigenvalue weighted by Crippen LogP contribution is 2.16. The zero-order valence-corrected chi connectivity index (χ0v) is 14.7. The Labute approximate surface area is 140 Å². The molecule has 1 unspecified atom stereocenters. The molecule has 2 rings (SSSR count). The Morgan fingerprint density at radius 2 is 1.74 bits per heavy atom. The smallest absolute Gasteiger partial charge is 0.262 e. The van der Waals surface area contributed by atoms with E-state index in [1.165, 1.54) is 11.3 Å². The van der Waals surface area contributed by atoms with Crippen molar-refractivity contribution in [3.05, 3.63) is 51.7 Å². The molecule has 0 spiro atoms. The van der Waals surface area contributed by atoms with Crippen LogP contribution in [0.4, 0.5) is 5.69 Å². The summed E-state index contributed by atoms with van der Waals surface area (Å²) in [6, 6.07) is 8.88. The van der Waals surface area contributed by atoms with Gasteiger partial charge in [-0.3, -0.25) is 9.59 Å². The number of rotatable bonds is 5. The van der Waals surface area contributed by atoms with Gasteiger partial charge in [-0.2, -0.15) is 0 Å². The van der Waals surface area contributed by atoms with Gasteiger partial charge in [-0.15, -0.1) is 11.3 Å². The molecule has 0 radical (unpaired) electrons. The minimum Gasteiger partial charge on any atom is -0.339 e. The third-order valence-corrected chi connectivity index (χ3v) is 4.34. The van der Waals surface area contributed by atoms with Gasteiger partial charge in [0.05, 0.1) is 4.88 Å². The molecule has 2 aromatic rings. The Bertz CT molecular complexity index is 673. The van der Waals surface area contributed by atoms with Gasteiger partial charge in [0.15, 0.2) is 0 Å². The van der Waals surface area contributed by atoms with Crippen LogP contribution in [0.5, 0.6) is 0 Å². The molecular formula is C18H22N2O2S. The Hall–Kier alpha value is -2.14. The fourth-order valence-electron chi connectivity index (χ4n) is 2.42. The number of nitrogens with one attached hydrogen (secondary N) is 2. The number of aryl methyl sites for hydroxylation is 2. The monoisotopic (exact) mass is 330 g/mol. The Kier molecular flexibility index (Phi) is 5.55. The molecule has 1 heterocycles. The van der Waals surface area contributed by atoms with E-state index in [0.29, 0.717) is 4.88 Å². The molecule has 122 valence electrons. The van der Waals surface area contributed by atoms with E-state index < -0.39 is 6.04 Å². The first kappa shape index (κ1) is 17.2. The minimum atomic E-state index is -0.578. The van der Waals surface area contributed by atoms with Crippen LogP contribution in [-0.2, 0) is 4.79 Å². The number of hydrogen-bond acceptors (Lipinski definition) is 3. The summed E-state index contributed by atoms with van der Waals surface area (Å²) in [4.78, 5) is 25.4. The van der Waals surface area contributed by atoms with E-state index in [1.54, 1.807) is 6.07 Å². The van der Waals surface area contributed by atoms with E-state index in [1.807, 2.05) is 57.3 Å². The fourth-order valence-corrected chi connectivity index (χ4v) is 3.05. The number of anilines is 1. The van der Waals surface area contributed by atoms with E-state index in [2.05, 4.69) is 10.6 Å². The van der Waals surface area contributed by atoms with Crippen LogP contribution in [0.15, 0.2) is 35.7 Å². The van der Waals surface area contributed by atoms with Crippen molar-refractivity contribution in [2.24, 2.45) is 5.92 Å². The standard InChI is InChI=1S/C18H22N2O2S/c1-11(2)16(20-17(21)15-6-5-7-23-15)18(22)19-14-9-12(3)8-13(4)10-14/h5-11,16H,1-4H3,(H,19,22)(H,20,21). The molecule has 2 N–H and O–H groups in total. The van der Waals surface area contributed by atoms with Crippen LogP contribution in [0, 0.1) is 19.8 Å². The second-order valence-corrected chi connectivity index (χ2v) is 6.99. The second-order valence-electron chi connectivity index (χ2n) is 6.04. The molecule has 0 bridgehead atoms. The predicted octanol–water partition coefficient (Wildman–Crippen LogP) is 3.76. The third-order valence-electron chi connectivity index (χ3n) is 3.47. The van der Waals surface area contributed by atoms with Gasteiger partial charge in [0.1, 0.15) is 6.04 Å². The summed E-state index contributed by atoms with van der Waals surface area (Å²) in [6.45, 7) is 7.81. The number of carbonyl (C=O) groups excluding carboxylic acids is 2. The van der Waals surface area contributed by atoms with Crippen LogP contribution < -0.4 is 10.6 Å². The molecule has 5 heteroatoms. The number of hydrogen-bond donors (Lipinski definition) is 2. The normalized spacial score (nSPS) is 12.0. The van der Waals surface area contributed by atoms with Crippen LogP contribution >= 0.6 is 11.3 Å². The average Bonchev–Trinajstić information content (AvgIpc) is 2.96. The summed E-state index contributed by atoms with van der Waals surface area (Å²) in [6.07, 6.45) is 0. The number of amides is 2. The molecular weight excluding hydrogens is 308 g/mol. The van der Waals surface area contributed by atoms with Gasteiger partial charge < -0.3 is 10.6 Å². The molecule has 0 fully saturated rings. The van der Waals surface area contributed by atoms with Crippen molar-refractivity contribution >= 4 is 28.8 Å². The lowest BCUT2D eigenvalue weighted by molar-refractivity contribution is -0.118. The van der Waals surface area contributed by atoms with Crippen LogP contribution in [0.25, 0.3) is 0 Å². The Morgan fingerprint density at radius 1 is 1.09 bits per heavy atom. The molecule has 4 nitrogen and oxygen atoms in total. The van der Waals surface area contributed by atoms with Gasteiger partial charge in [-0.25, -0.2) is 0 Å². The highest BCUT2D eigenvalue weighted by molar-refractivity contribution is 7.12. The molecule has 1 aromatic carbocycles. The zero-order chi connectivity index (χ0) is 17.0. The largest absolute Gasteiger partial charge is 0.339 e. The van der Waals surface area contributed by atoms with E-state index in [-0.39, 0.29) is 17.7 Å². The van der Waals surface area contributed by atoms with Crippen LogP contribution in [0.3, 0.4) is 0 Å². The first-order valence-electron chi connectivity index (χ1n) is 7.60. The second kappa shape index (κ2) is 7.42. The van der Waals surface area contributed by atoms with E-state index in [9.17, 15) is 9.59 Å². The number of benzene rings is 1. The summed E-state index contributed by atoms with van der Waals surface area (Å²) in [7, 11) is 0. The maximum absolute atomic E-state index is 12.6. The van der Waals surface area contributed by atoms with Gasteiger partial charge in [0.25, 0.3) is 5.91 Å². The molecule has 23 heavy (non-hydrogen) atoms. The minimum absolute atomic E-state index is 0.00943. The van der Waals surface area contributed by atoms with Crippen molar-refractivity contribution in [2.75, 3.05) is 5.32 Å². The molecule has 1 aromatic heterocycles. The fraction of sp³-hybridized carbons (Fsp3) is 0.333. The summed E-state index contributed by atoms with van der Waals surface area (Å²) >= 11 is 1.36. The summed E-state index contributed by atoms with van der Waals surface area (Å²) in [5.74, 6) is -0.422. The van der Waals surface area contributed by atoms with E-state index in [0.717, 1.165) is 16.8 Å². The lowest BCUT2D eigenvalue weighted by atomic mass is 10.0. The molecule has 0 aliphatic heterocycles. The highest BCUT2D eigenvalue weighted by atomic mass is 32.1.